The van der Waals surface area contributed by atoms with Gasteiger partial charge in [-0.15, -0.1) is 0 Å². The van der Waals surface area contributed by atoms with Gasteiger partial charge in [0.05, 0.1) is 22.8 Å². The number of carbonyl (C=O) groups excluding carboxylic acids is 1. The molecule has 0 saturated carbocycles. The van der Waals surface area contributed by atoms with Crippen molar-refractivity contribution in [2.75, 3.05) is 29.9 Å². The van der Waals surface area contributed by atoms with Gasteiger partial charge in [-0.3, -0.25) is 4.79 Å². The number of nitriles is 1. The fourth-order valence-corrected chi connectivity index (χ4v) is 3.90. The third-order valence-corrected chi connectivity index (χ3v) is 5.63. The molecule has 0 aliphatic carbocycles. The Morgan fingerprint density at radius 3 is 2.77 bits per heavy atom. The predicted octanol–water partition coefficient (Wildman–Crippen LogP) is 3.09. The molecule has 4 rings (SSSR count). The number of para-hydroxylation sites is 1. The monoisotopic (exact) mass is 418 g/mol. The van der Waals surface area contributed by atoms with Crippen LogP contribution >= 0.6 is 0 Å². The lowest BCUT2D eigenvalue weighted by Gasteiger charge is -2.34. The second kappa shape index (κ2) is 9.06. The Kier molecular flexibility index (Phi) is 6.05. The molecule has 2 aliphatic rings. The maximum absolute atomic E-state index is 14.7. The maximum atomic E-state index is 14.7. The Labute approximate surface area is 180 Å². The van der Waals surface area contributed by atoms with Crippen molar-refractivity contribution in [3.8, 4) is 6.07 Å². The highest BCUT2D eigenvalue weighted by Crippen LogP contribution is 2.33. The van der Waals surface area contributed by atoms with E-state index in [1.807, 2.05) is 11.0 Å². The van der Waals surface area contributed by atoms with Crippen LogP contribution in [0.25, 0.3) is 5.70 Å². The Hall–Kier alpha value is -3.57. The van der Waals surface area contributed by atoms with Gasteiger partial charge in [-0.2, -0.15) is 5.26 Å². The van der Waals surface area contributed by atoms with E-state index in [2.05, 4.69) is 15.3 Å². The molecule has 3 heterocycles. The molecule has 0 spiro atoms. The van der Waals surface area contributed by atoms with Gasteiger partial charge < -0.3 is 16.0 Å². The number of aromatic nitrogens is 1. The van der Waals surface area contributed by atoms with E-state index in [0.717, 1.165) is 12.8 Å². The number of carbonyl (C=O) groups is 1. The molecule has 31 heavy (non-hydrogen) atoms. The largest absolute Gasteiger partial charge is 0.367 e. The minimum absolute atomic E-state index is 0.286. The van der Waals surface area contributed by atoms with Crippen LogP contribution in [-0.4, -0.2) is 36.2 Å². The topological polar surface area (TPSA) is 107 Å². The van der Waals surface area contributed by atoms with Crippen molar-refractivity contribution >= 4 is 28.7 Å². The first-order valence-corrected chi connectivity index (χ1v) is 10.3. The fourth-order valence-electron chi connectivity index (χ4n) is 3.90. The van der Waals surface area contributed by atoms with Crippen LogP contribution in [0.15, 0.2) is 47.5 Å². The number of piperidine rings is 1. The van der Waals surface area contributed by atoms with Crippen molar-refractivity contribution < 1.29 is 9.18 Å². The van der Waals surface area contributed by atoms with E-state index >= 15 is 0 Å². The summed E-state index contributed by atoms with van der Waals surface area (Å²) in [5.41, 5.74) is 8.28. The van der Waals surface area contributed by atoms with E-state index in [-0.39, 0.29) is 17.4 Å². The van der Waals surface area contributed by atoms with Gasteiger partial charge in [0.1, 0.15) is 23.3 Å². The first-order chi connectivity index (χ1) is 15.1. The highest BCUT2D eigenvalue weighted by molar-refractivity contribution is 6.45. The standard InChI is InChI=1S/C23H23FN6O/c24-17-4-2-6-20(22(17)30-11-9-15(13-25)10-12-30)29-23(31)21-8-7-19(28-21)18-5-1-3-16(14-26)27-18/h1-7,15H,8-13,25H2,(H,29,31). The van der Waals surface area contributed by atoms with E-state index in [1.165, 1.54) is 6.07 Å². The molecule has 7 nitrogen and oxygen atoms in total. The van der Waals surface area contributed by atoms with Crippen LogP contribution in [0, 0.1) is 23.1 Å². The molecule has 1 fully saturated rings. The highest BCUT2D eigenvalue weighted by atomic mass is 19.1. The number of nitrogens with two attached hydrogens (primary N) is 1. The normalized spacial score (nSPS) is 16.5. The van der Waals surface area contributed by atoms with Crippen molar-refractivity contribution in [3.63, 3.8) is 0 Å². The zero-order chi connectivity index (χ0) is 21.8. The smallest absolute Gasteiger partial charge is 0.270 e. The molecule has 158 valence electrons. The molecule has 1 amide bonds. The summed E-state index contributed by atoms with van der Waals surface area (Å²) in [4.78, 5) is 23.4. The number of nitrogens with zero attached hydrogens (tertiary/aromatic N) is 4. The summed E-state index contributed by atoms with van der Waals surface area (Å²) in [5.74, 6) is -0.299. The second-order valence-electron chi connectivity index (χ2n) is 7.63. The lowest BCUT2D eigenvalue weighted by Crippen LogP contribution is -2.37. The van der Waals surface area contributed by atoms with Crippen molar-refractivity contribution in [2.45, 2.75) is 19.3 Å². The first kappa shape index (κ1) is 20.7. The van der Waals surface area contributed by atoms with Crippen molar-refractivity contribution in [2.24, 2.45) is 16.6 Å². The van der Waals surface area contributed by atoms with Gasteiger partial charge in [-0.25, -0.2) is 14.4 Å². The molecule has 1 aromatic heterocycles. The number of hydrogen-bond donors (Lipinski definition) is 2. The van der Waals surface area contributed by atoms with Crippen molar-refractivity contribution in [3.05, 3.63) is 59.7 Å². The number of amides is 1. The number of rotatable bonds is 5. The Morgan fingerprint density at radius 1 is 1.26 bits per heavy atom. The van der Waals surface area contributed by atoms with Crippen LogP contribution in [0.2, 0.25) is 0 Å². The molecule has 1 saturated heterocycles. The minimum atomic E-state index is -0.383. The lowest BCUT2D eigenvalue weighted by atomic mass is 9.96. The average Bonchev–Trinajstić information content (AvgIpc) is 3.30. The molecule has 0 radical (unpaired) electrons. The minimum Gasteiger partial charge on any atom is -0.367 e. The van der Waals surface area contributed by atoms with Gasteiger partial charge in [0.2, 0.25) is 0 Å². The zero-order valence-corrected chi connectivity index (χ0v) is 17.0. The molecule has 0 atom stereocenters. The van der Waals surface area contributed by atoms with Crippen LogP contribution in [0.4, 0.5) is 15.8 Å². The van der Waals surface area contributed by atoms with E-state index in [1.54, 1.807) is 36.4 Å². The first-order valence-electron chi connectivity index (χ1n) is 10.3. The molecule has 0 bridgehead atoms. The quantitative estimate of drug-likeness (QED) is 0.776. The van der Waals surface area contributed by atoms with E-state index in [0.29, 0.717) is 60.5 Å². The van der Waals surface area contributed by atoms with E-state index in [4.69, 9.17) is 11.0 Å². The van der Waals surface area contributed by atoms with Crippen LogP contribution in [0.1, 0.15) is 30.7 Å². The zero-order valence-electron chi connectivity index (χ0n) is 17.0. The van der Waals surface area contributed by atoms with Gasteiger partial charge >= 0.3 is 0 Å². The lowest BCUT2D eigenvalue weighted by molar-refractivity contribution is -0.110. The molecule has 0 unspecified atom stereocenters. The van der Waals surface area contributed by atoms with Crippen LogP contribution in [-0.2, 0) is 4.79 Å². The number of halogens is 1. The summed E-state index contributed by atoms with van der Waals surface area (Å²) in [6.07, 6.45) is 3.93. The number of nitrogens with one attached hydrogen (secondary N) is 1. The molecule has 2 aromatic rings. The van der Waals surface area contributed by atoms with Gasteiger partial charge in [-0.05, 0) is 49.6 Å². The molecule has 2 aliphatic heterocycles. The summed E-state index contributed by atoms with van der Waals surface area (Å²) in [5, 5.41) is 11.8. The second-order valence-corrected chi connectivity index (χ2v) is 7.63. The number of allylic oxidation sites excluding steroid dienone is 1. The van der Waals surface area contributed by atoms with Gasteiger partial charge in [0.15, 0.2) is 0 Å². The van der Waals surface area contributed by atoms with E-state index < -0.39 is 0 Å². The average molecular weight is 418 g/mol. The summed E-state index contributed by atoms with van der Waals surface area (Å²) in [6.45, 7) is 2.02. The molecular weight excluding hydrogens is 395 g/mol. The van der Waals surface area contributed by atoms with Crippen LogP contribution in [0.5, 0.6) is 0 Å². The third-order valence-electron chi connectivity index (χ3n) is 5.63. The van der Waals surface area contributed by atoms with Gasteiger partial charge in [0.25, 0.3) is 5.91 Å². The van der Waals surface area contributed by atoms with Crippen molar-refractivity contribution in [1.82, 2.24) is 4.98 Å². The van der Waals surface area contributed by atoms with E-state index in [9.17, 15) is 9.18 Å². The molecule has 8 heteroatoms. The Morgan fingerprint density at radius 2 is 2.03 bits per heavy atom. The molecule has 3 N–H and O–H groups in total. The SMILES string of the molecule is N#Cc1cccc(C2=CCC(C(=O)Nc3cccc(F)c3N3CCC(CN)CC3)=N2)n1. The third kappa shape index (κ3) is 4.47. The molecule has 1 aromatic carbocycles. The number of anilines is 2. The highest BCUT2D eigenvalue weighted by Gasteiger charge is 2.25. The van der Waals surface area contributed by atoms with Crippen LogP contribution in [0.3, 0.4) is 0 Å². The summed E-state index contributed by atoms with van der Waals surface area (Å²) in [6, 6.07) is 11.8. The number of pyridine rings is 1. The van der Waals surface area contributed by atoms with Crippen molar-refractivity contribution in [1.29, 1.82) is 5.26 Å². The fraction of sp³-hybridized carbons (Fsp3) is 0.304. The maximum Gasteiger partial charge on any atom is 0.270 e. The van der Waals surface area contributed by atoms with Crippen LogP contribution < -0.4 is 16.0 Å². The van der Waals surface area contributed by atoms with Gasteiger partial charge in [0, 0.05) is 19.5 Å². The Bertz CT molecular complexity index is 1100. The number of aliphatic imine (C=N–C) groups is 1. The number of benzene rings is 1. The summed E-state index contributed by atoms with van der Waals surface area (Å²) >= 11 is 0. The summed E-state index contributed by atoms with van der Waals surface area (Å²) in [7, 11) is 0. The van der Waals surface area contributed by atoms with Gasteiger partial charge in [-0.1, -0.05) is 18.2 Å². The summed E-state index contributed by atoms with van der Waals surface area (Å²) < 4.78 is 14.7. The Balaban J connectivity index is 1.51. The molecular formula is C23H23FN6O. The number of hydrogen-bond acceptors (Lipinski definition) is 6. The predicted molar refractivity (Wildman–Crippen MR) is 118 cm³/mol.